The fourth-order valence-electron chi connectivity index (χ4n) is 6.89. The monoisotopic (exact) mass is 971 g/mol. The van der Waals surface area contributed by atoms with E-state index >= 15 is 0 Å². The molecule has 0 aliphatic carbocycles. The SMILES string of the molecule is CCOC(=O)C(Cc1ccccc1)(OC[C@H]1O[C@@H](n2cnc3c(N(C(=O)OC(C)(C)C)C(=O)OC(C)(C)C)nc(Cl)nc32)[C@H](OC(=O)OC(C)(C)C)[C@@H]1C)c1ccn(COCC[Si](C)(C)C)n1. The van der Waals surface area contributed by atoms with E-state index in [2.05, 4.69) is 34.6 Å². The summed E-state index contributed by atoms with van der Waals surface area (Å²) in [6.07, 6.45) is -3.31. The van der Waals surface area contributed by atoms with Crippen molar-refractivity contribution in [2.24, 2.45) is 5.92 Å². The number of carbonyl (C=O) groups excluding carboxylic acids is 4. The average molecular weight is 973 g/mol. The van der Waals surface area contributed by atoms with Crippen molar-refractivity contribution < 1.29 is 57.1 Å². The average Bonchev–Trinajstić information content (AvgIpc) is 3.91. The van der Waals surface area contributed by atoms with Crippen molar-refractivity contribution >= 4 is 61.0 Å². The third-order valence-corrected chi connectivity index (χ3v) is 11.9. The van der Waals surface area contributed by atoms with Gasteiger partial charge in [0.25, 0.3) is 0 Å². The van der Waals surface area contributed by atoms with Crippen LogP contribution in [0.2, 0.25) is 31.0 Å². The maximum Gasteiger partial charge on any atom is 0.509 e. The van der Waals surface area contributed by atoms with E-state index in [4.69, 9.17) is 54.6 Å². The molecule has 4 heterocycles. The zero-order chi connectivity index (χ0) is 49.7. The molecule has 1 aliphatic rings. The Bertz CT molecular complexity index is 2320. The molecule has 0 spiro atoms. The van der Waals surface area contributed by atoms with Crippen LogP contribution in [0.1, 0.15) is 93.6 Å². The Labute approximate surface area is 398 Å². The fourth-order valence-corrected chi connectivity index (χ4v) is 7.81. The van der Waals surface area contributed by atoms with Crippen LogP contribution in [0.15, 0.2) is 48.9 Å². The van der Waals surface area contributed by atoms with Crippen LogP contribution in [-0.2, 0) is 61.4 Å². The van der Waals surface area contributed by atoms with E-state index < -0.39 is 79.1 Å². The molecule has 1 unspecified atom stereocenters. The zero-order valence-electron chi connectivity index (χ0n) is 41.1. The Hall–Kier alpha value is -5.15. The first-order valence-corrected chi connectivity index (χ1v) is 26.4. The molecule has 1 saturated heterocycles. The molecule has 0 saturated carbocycles. The molecule has 21 heteroatoms. The number of carbonyl (C=O) groups is 4. The Morgan fingerprint density at radius 3 is 2.09 bits per heavy atom. The lowest BCUT2D eigenvalue weighted by molar-refractivity contribution is -0.182. The van der Waals surface area contributed by atoms with Crippen molar-refractivity contribution in [1.29, 1.82) is 0 Å². The van der Waals surface area contributed by atoms with Gasteiger partial charge in [0.05, 0.1) is 25.6 Å². The van der Waals surface area contributed by atoms with Crippen molar-refractivity contribution in [1.82, 2.24) is 29.3 Å². The maximum absolute atomic E-state index is 14.4. The quantitative estimate of drug-likeness (QED) is 0.0337. The molecule has 1 fully saturated rings. The highest BCUT2D eigenvalue weighted by Gasteiger charge is 2.51. The Kier molecular flexibility index (Phi) is 16.6. The zero-order valence-corrected chi connectivity index (χ0v) is 42.8. The molecule has 5 rings (SSSR count). The first kappa shape index (κ1) is 52.8. The smallest absolute Gasteiger partial charge is 0.464 e. The lowest BCUT2D eigenvalue weighted by atomic mass is 9.90. The second-order valence-electron chi connectivity index (χ2n) is 20.5. The summed E-state index contributed by atoms with van der Waals surface area (Å²) in [6.45, 7) is 25.8. The van der Waals surface area contributed by atoms with Crippen molar-refractivity contribution in [2.75, 3.05) is 24.7 Å². The van der Waals surface area contributed by atoms with Crippen LogP contribution in [0, 0.1) is 5.92 Å². The summed E-state index contributed by atoms with van der Waals surface area (Å²) in [5, 5.41) is 4.42. The molecule has 1 aromatic carbocycles. The van der Waals surface area contributed by atoms with Gasteiger partial charge in [-0.3, -0.25) is 4.57 Å². The third kappa shape index (κ3) is 14.2. The topological polar surface area (TPSA) is 207 Å². The number of rotatable bonds is 16. The summed E-state index contributed by atoms with van der Waals surface area (Å²) < 4.78 is 51.1. The van der Waals surface area contributed by atoms with E-state index in [9.17, 15) is 19.2 Å². The highest BCUT2D eigenvalue weighted by molar-refractivity contribution is 6.76. The molecule has 67 heavy (non-hydrogen) atoms. The summed E-state index contributed by atoms with van der Waals surface area (Å²) in [5.74, 6) is -1.67. The molecule has 0 N–H and O–H groups in total. The maximum atomic E-state index is 14.4. The van der Waals surface area contributed by atoms with Crippen LogP contribution in [0.4, 0.5) is 20.2 Å². The number of esters is 1. The Morgan fingerprint density at radius 1 is 0.881 bits per heavy atom. The van der Waals surface area contributed by atoms with Gasteiger partial charge in [0.15, 0.2) is 29.3 Å². The molecule has 0 bridgehead atoms. The Morgan fingerprint density at radius 2 is 1.51 bits per heavy atom. The standard InChI is InChI=1S/C46H66ClN7O12Si/c1-15-60-38(55)46(25-30-19-17-16-18-20-30,32-21-22-52(51-32)28-59-23-24-67(12,13)14)61-26-31-29(2)34(63-42(58)66-45(9,10)11)37(62-31)53-27-48-33-35(53)49-39(47)50-36(33)54(40(56)64-43(3,4)5)41(57)65-44(6,7)8/h16-22,27,29,31,34,37H,15,23-26,28H2,1-14H3/t29-,31-,34-,37-,46?/m1/s1. The normalized spacial score (nSPS) is 18.9. The fraction of sp³-hybridized carbons (Fsp3) is 0.609. The number of nitrogens with zero attached hydrogens (tertiary/aromatic N) is 7. The van der Waals surface area contributed by atoms with Gasteiger partial charge in [-0.15, -0.1) is 0 Å². The van der Waals surface area contributed by atoms with Crippen LogP contribution in [-0.4, -0.2) is 111 Å². The number of ether oxygens (including phenoxy) is 8. The molecule has 19 nitrogen and oxygen atoms in total. The van der Waals surface area contributed by atoms with Gasteiger partial charge in [-0.1, -0.05) is 56.9 Å². The first-order valence-electron chi connectivity index (χ1n) is 22.3. The second kappa shape index (κ2) is 21.0. The highest BCUT2D eigenvalue weighted by Crippen LogP contribution is 2.41. The van der Waals surface area contributed by atoms with Gasteiger partial charge in [0.1, 0.15) is 29.2 Å². The highest BCUT2D eigenvalue weighted by atomic mass is 35.5. The Balaban J connectivity index is 1.58. The molecular formula is C46H66ClN7O12Si. The largest absolute Gasteiger partial charge is 0.509 e. The van der Waals surface area contributed by atoms with Crippen LogP contribution in [0.3, 0.4) is 0 Å². The van der Waals surface area contributed by atoms with Crippen molar-refractivity contribution in [3.05, 3.63) is 65.5 Å². The number of hydrogen-bond donors (Lipinski definition) is 0. The predicted molar refractivity (Wildman–Crippen MR) is 250 cm³/mol. The lowest BCUT2D eigenvalue weighted by Crippen LogP contribution is -2.45. The molecule has 4 aromatic rings. The van der Waals surface area contributed by atoms with Gasteiger partial charge in [-0.25, -0.2) is 28.8 Å². The molecule has 3 aromatic heterocycles. The van der Waals surface area contributed by atoms with Gasteiger partial charge in [0.2, 0.25) is 10.9 Å². The molecule has 0 radical (unpaired) electrons. The number of fused-ring (bicyclic) bond motifs is 1. The van der Waals surface area contributed by atoms with E-state index in [0.29, 0.717) is 11.5 Å². The van der Waals surface area contributed by atoms with Gasteiger partial charge in [-0.05, 0) is 98.5 Å². The van der Waals surface area contributed by atoms with Crippen molar-refractivity contribution in [2.45, 2.75) is 156 Å². The summed E-state index contributed by atoms with van der Waals surface area (Å²) >= 11 is 6.55. The molecule has 368 valence electrons. The molecule has 1 aliphatic heterocycles. The van der Waals surface area contributed by atoms with E-state index in [0.717, 1.165) is 11.6 Å². The molecular weight excluding hydrogens is 906 g/mol. The second-order valence-corrected chi connectivity index (χ2v) is 26.5. The van der Waals surface area contributed by atoms with Crippen molar-refractivity contribution in [3.8, 4) is 0 Å². The first-order chi connectivity index (χ1) is 31.1. The van der Waals surface area contributed by atoms with E-state index in [-0.39, 0.29) is 54.3 Å². The van der Waals surface area contributed by atoms with Crippen LogP contribution in [0.25, 0.3) is 11.2 Å². The number of aromatic nitrogens is 6. The number of benzene rings is 1. The van der Waals surface area contributed by atoms with Gasteiger partial charge in [0, 0.05) is 33.2 Å². The molecule has 5 atom stereocenters. The number of hydrogen-bond acceptors (Lipinski definition) is 16. The van der Waals surface area contributed by atoms with Crippen molar-refractivity contribution in [3.63, 3.8) is 0 Å². The van der Waals surface area contributed by atoms with E-state index in [1.54, 1.807) is 93.1 Å². The minimum Gasteiger partial charge on any atom is -0.464 e. The summed E-state index contributed by atoms with van der Waals surface area (Å²) in [7, 11) is -1.35. The number of imide groups is 1. The predicted octanol–water partition coefficient (Wildman–Crippen LogP) is 9.24. The van der Waals surface area contributed by atoms with Gasteiger partial charge in [-0.2, -0.15) is 20.0 Å². The third-order valence-electron chi connectivity index (χ3n) is 10.0. The van der Waals surface area contributed by atoms with E-state index in [1.807, 2.05) is 30.3 Å². The number of halogens is 1. The summed E-state index contributed by atoms with van der Waals surface area (Å²) in [5.41, 5.74) is -3.79. The van der Waals surface area contributed by atoms with Crippen LogP contribution in [0.5, 0.6) is 0 Å². The van der Waals surface area contributed by atoms with Crippen LogP contribution < -0.4 is 4.90 Å². The number of anilines is 1. The number of amides is 2. The van der Waals surface area contributed by atoms with Gasteiger partial charge < -0.3 is 37.9 Å². The lowest BCUT2D eigenvalue weighted by Gasteiger charge is -2.32. The molecule has 2 amide bonds. The number of imidazole rings is 1. The van der Waals surface area contributed by atoms with Crippen LogP contribution >= 0.6 is 11.6 Å². The summed E-state index contributed by atoms with van der Waals surface area (Å²) in [4.78, 5) is 69.1. The van der Waals surface area contributed by atoms with E-state index in [1.165, 1.54) is 10.9 Å². The minimum atomic E-state index is -1.78. The minimum absolute atomic E-state index is 0.00813. The summed E-state index contributed by atoms with van der Waals surface area (Å²) in [6, 6.07) is 12.0. The van der Waals surface area contributed by atoms with Gasteiger partial charge >= 0.3 is 24.3 Å².